The van der Waals surface area contributed by atoms with Crippen molar-refractivity contribution in [2.24, 2.45) is 0 Å². The zero-order valence-corrected chi connectivity index (χ0v) is 8.33. The third-order valence-electron chi connectivity index (χ3n) is 2.04. The van der Waals surface area contributed by atoms with Gasteiger partial charge in [0.25, 0.3) is 0 Å². The first-order chi connectivity index (χ1) is 6.03. The molecule has 0 fully saturated rings. The second kappa shape index (κ2) is 3.60. The van der Waals surface area contributed by atoms with E-state index in [9.17, 15) is 0 Å². The number of nitrogen functional groups attached to an aromatic ring is 1. The highest BCUT2D eigenvalue weighted by Crippen LogP contribution is 2.15. The first-order valence-corrected chi connectivity index (χ1v) is 4.41. The Kier molecular flexibility index (Phi) is 2.70. The molecule has 0 amide bonds. The standard InChI is InChI=1S/C9H16N4/c1-4-9(2,3)11-8-6-5-7(10)12-13-8/h5-6H,4H2,1-3H3,(H2,10,12)(H,11,13). The molecule has 1 heterocycles. The summed E-state index contributed by atoms with van der Waals surface area (Å²) in [6, 6.07) is 3.57. The van der Waals surface area contributed by atoms with Crippen LogP contribution in [0.4, 0.5) is 11.6 Å². The van der Waals surface area contributed by atoms with Gasteiger partial charge in [-0.15, -0.1) is 10.2 Å². The van der Waals surface area contributed by atoms with Crippen LogP contribution in [0.3, 0.4) is 0 Å². The predicted octanol–water partition coefficient (Wildman–Crippen LogP) is 1.66. The molecule has 72 valence electrons. The van der Waals surface area contributed by atoms with Crippen LogP contribution in [0.25, 0.3) is 0 Å². The third-order valence-corrected chi connectivity index (χ3v) is 2.04. The molecule has 0 aliphatic rings. The fraction of sp³-hybridized carbons (Fsp3) is 0.556. The van der Waals surface area contributed by atoms with Crippen LogP contribution >= 0.6 is 0 Å². The van der Waals surface area contributed by atoms with E-state index in [1.165, 1.54) is 0 Å². The van der Waals surface area contributed by atoms with Crippen LogP contribution in [0.5, 0.6) is 0 Å². The summed E-state index contributed by atoms with van der Waals surface area (Å²) in [4.78, 5) is 0. The van der Waals surface area contributed by atoms with Gasteiger partial charge in [0.2, 0.25) is 0 Å². The Hall–Kier alpha value is -1.32. The van der Waals surface area contributed by atoms with E-state index in [0.29, 0.717) is 5.82 Å². The Morgan fingerprint density at radius 3 is 2.54 bits per heavy atom. The quantitative estimate of drug-likeness (QED) is 0.742. The van der Waals surface area contributed by atoms with Crippen molar-refractivity contribution in [1.82, 2.24) is 10.2 Å². The molecule has 0 atom stereocenters. The summed E-state index contributed by atoms with van der Waals surface area (Å²) in [7, 11) is 0. The molecule has 0 unspecified atom stereocenters. The zero-order chi connectivity index (χ0) is 9.90. The smallest absolute Gasteiger partial charge is 0.149 e. The van der Waals surface area contributed by atoms with Crippen LogP contribution in [0.15, 0.2) is 12.1 Å². The van der Waals surface area contributed by atoms with Crippen molar-refractivity contribution in [3.8, 4) is 0 Å². The minimum Gasteiger partial charge on any atom is -0.382 e. The summed E-state index contributed by atoms with van der Waals surface area (Å²) in [5.41, 5.74) is 5.47. The molecule has 3 N–H and O–H groups in total. The SMILES string of the molecule is CCC(C)(C)Nc1ccc(N)nn1. The van der Waals surface area contributed by atoms with Crippen LogP contribution in [-0.4, -0.2) is 15.7 Å². The highest BCUT2D eigenvalue weighted by molar-refractivity contribution is 5.40. The average molecular weight is 180 g/mol. The van der Waals surface area contributed by atoms with E-state index in [-0.39, 0.29) is 5.54 Å². The normalized spacial score (nSPS) is 11.3. The number of hydrogen-bond donors (Lipinski definition) is 2. The van der Waals surface area contributed by atoms with Crippen LogP contribution in [0, 0.1) is 0 Å². The molecule has 0 spiro atoms. The number of rotatable bonds is 3. The Morgan fingerprint density at radius 1 is 1.38 bits per heavy atom. The maximum Gasteiger partial charge on any atom is 0.149 e. The van der Waals surface area contributed by atoms with Crippen molar-refractivity contribution in [1.29, 1.82) is 0 Å². The monoisotopic (exact) mass is 180 g/mol. The zero-order valence-electron chi connectivity index (χ0n) is 8.33. The van der Waals surface area contributed by atoms with Gasteiger partial charge in [0.15, 0.2) is 0 Å². The molecule has 1 rings (SSSR count). The van der Waals surface area contributed by atoms with Crippen molar-refractivity contribution in [2.75, 3.05) is 11.1 Å². The van der Waals surface area contributed by atoms with Crippen molar-refractivity contribution >= 4 is 11.6 Å². The van der Waals surface area contributed by atoms with Gasteiger partial charge in [-0.2, -0.15) is 0 Å². The molecule has 0 saturated heterocycles. The molecule has 0 bridgehead atoms. The summed E-state index contributed by atoms with van der Waals surface area (Å²) in [6.45, 7) is 6.35. The molecule has 0 aliphatic heterocycles. The van der Waals surface area contributed by atoms with E-state index in [4.69, 9.17) is 5.73 Å². The molecule has 13 heavy (non-hydrogen) atoms. The van der Waals surface area contributed by atoms with E-state index in [0.717, 1.165) is 12.2 Å². The van der Waals surface area contributed by atoms with Gasteiger partial charge in [0.1, 0.15) is 11.6 Å². The van der Waals surface area contributed by atoms with Crippen molar-refractivity contribution in [3.05, 3.63) is 12.1 Å². The largest absolute Gasteiger partial charge is 0.382 e. The topological polar surface area (TPSA) is 63.8 Å². The van der Waals surface area contributed by atoms with Gasteiger partial charge in [-0.25, -0.2) is 0 Å². The highest BCUT2D eigenvalue weighted by atomic mass is 15.2. The molecular formula is C9H16N4. The second-order valence-corrected chi connectivity index (χ2v) is 3.71. The van der Waals surface area contributed by atoms with Gasteiger partial charge >= 0.3 is 0 Å². The van der Waals surface area contributed by atoms with E-state index >= 15 is 0 Å². The molecule has 0 aliphatic carbocycles. The lowest BCUT2D eigenvalue weighted by Gasteiger charge is -2.24. The summed E-state index contributed by atoms with van der Waals surface area (Å²) in [5, 5.41) is 11.0. The van der Waals surface area contributed by atoms with Gasteiger partial charge in [0.05, 0.1) is 0 Å². The number of nitrogens with two attached hydrogens (primary N) is 1. The average Bonchev–Trinajstić information content (AvgIpc) is 2.09. The lowest BCUT2D eigenvalue weighted by atomic mass is 10.0. The van der Waals surface area contributed by atoms with Crippen molar-refractivity contribution < 1.29 is 0 Å². The van der Waals surface area contributed by atoms with Gasteiger partial charge in [-0.05, 0) is 32.4 Å². The van der Waals surface area contributed by atoms with Crippen LogP contribution < -0.4 is 11.1 Å². The second-order valence-electron chi connectivity index (χ2n) is 3.71. The van der Waals surface area contributed by atoms with Crippen molar-refractivity contribution in [3.63, 3.8) is 0 Å². The van der Waals surface area contributed by atoms with Crippen molar-refractivity contribution in [2.45, 2.75) is 32.7 Å². The molecule has 0 saturated carbocycles. The van der Waals surface area contributed by atoms with E-state index < -0.39 is 0 Å². The van der Waals surface area contributed by atoms with Gasteiger partial charge in [-0.1, -0.05) is 6.92 Å². The van der Waals surface area contributed by atoms with Crippen LogP contribution in [0.2, 0.25) is 0 Å². The Bertz CT molecular complexity index is 265. The highest BCUT2D eigenvalue weighted by Gasteiger charge is 2.14. The Morgan fingerprint density at radius 2 is 2.08 bits per heavy atom. The maximum absolute atomic E-state index is 5.42. The number of aromatic nitrogens is 2. The molecule has 1 aromatic rings. The molecule has 4 nitrogen and oxygen atoms in total. The third kappa shape index (κ3) is 2.89. The van der Waals surface area contributed by atoms with E-state index in [2.05, 4.69) is 36.3 Å². The lowest BCUT2D eigenvalue weighted by molar-refractivity contribution is 0.544. The number of anilines is 2. The summed E-state index contributed by atoms with van der Waals surface area (Å²) >= 11 is 0. The predicted molar refractivity (Wildman–Crippen MR) is 54.4 cm³/mol. The van der Waals surface area contributed by atoms with Gasteiger partial charge in [-0.3, -0.25) is 0 Å². The van der Waals surface area contributed by atoms with Crippen LogP contribution in [-0.2, 0) is 0 Å². The summed E-state index contributed by atoms with van der Waals surface area (Å²) in [6.07, 6.45) is 1.03. The Labute approximate surface area is 78.6 Å². The van der Waals surface area contributed by atoms with E-state index in [1.54, 1.807) is 6.07 Å². The maximum atomic E-state index is 5.42. The number of nitrogens with one attached hydrogen (secondary N) is 1. The summed E-state index contributed by atoms with van der Waals surface area (Å²) in [5.74, 6) is 1.21. The molecule has 0 radical (unpaired) electrons. The van der Waals surface area contributed by atoms with E-state index in [1.807, 2.05) is 6.07 Å². The fourth-order valence-corrected chi connectivity index (χ4v) is 0.844. The van der Waals surface area contributed by atoms with Gasteiger partial charge in [0, 0.05) is 5.54 Å². The summed E-state index contributed by atoms with van der Waals surface area (Å²) < 4.78 is 0. The molecule has 1 aromatic heterocycles. The number of nitrogens with zero attached hydrogens (tertiary/aromatic N) is 2. The van der Waals surface area contributed by atoms with Gasteiger partial charge < -0.3 is 11.1 Å². The van der Waals surface area contributed by atoms with Crippen LogP contribution in [0.1, 0.15) is 27.2 Å². The Balaban J connectivity index is 2.69. The minimum absolute atomic E-state index is 0.0464. The number of hydrogen-bond acceptors (Lipinski definition) is 4. The molecule has 0 aromatic carbocycles. The lowest BCUT2D eigenvalue weighted by Crippen LogP contribution is -2.30. The molecular weight excluding hydrogens is 164 g/mol. The molecule has 4 heteroatoms. The minimum atomic E-state index is 0.0464. The first kappa shape index (κ1) is 9.77. The first-order valence-electron chi connectivity index (χ1n) is 4.41. The fourth-order valence-electron chi connectivity index (χ4n) is 0.844.